The SMILES string of the molecule is Cc1cc(NC(=O)NC[C@@H](c2ccsc2)N(C)C)n(C)n1. The van der Waals surface area contributed by atoms with Gasteiger partial charge in [0.2, 0.25) is 0 Å². The Bertz CT molecular complexity index is 591. The van der Waals surface area contributed by atoms with Gasteiger partial charge in [0, 0.05) is 19.7 Å². The molecule has 0 aliphatic carbocycles. The zero-order chi connectivity index (χ0) is 15.4. The second-order valence-corrected chi connectivity index (χ2v) is 5.95. The fourth-order valence-corrected chi connectivity index (χ4v) is 2.85. The van der Waals surface area contributed by atoms with E-state index in [0.29, 0.717) is 12.4 Å². The molecule has 0 radical (unpaired) electrons. The number of aryl methyl sites for hydroxylation is 2. The first kappa shape index (κ1) is 15.5. The molecule has 2 N–H and O–H groups in total. The molecule has 6 nitrogen and oxygen atoms in total. The second-order valence-electron chi connectivity index (χ2n) is 5.17. The van der Waals surface area contributed by atoms with Gasteiger partial charge in [-0.15, -0.1) is 0 Å². The molecule has 7 heteroatoms. The Kier molecular flexibility index (Phi) is 4.98. The maximum Gasteiger partial charge on any atom is 0.320 e. The highest BCUT2D eigenvalue weighted by molar-refractivity contribution is 7.07. The van der Waals surface area contributed by atoms with Crippen molar-refractivity contribution in [2.24, 2.45) is 7.05 Å². The average molecular weight is 307 g/mol. The summed E-state index contributed by atoms with van der Waals surface area (Å²) in [6, 6.07) is 3.86. The summed E-state index contributed by atoms with van der Waals surface area (Å²) in [4.78, 5) is 14.1. The minimum absolute atomic E-state index is 0.162. The van der Waals surface area contributed by atoms with Crippen LogP contribution in [0.1, 0.15) is 17.3 Å². The number of anilines is 1. The van der Waals surface area contributed by atoms with Crippen molar-refractivity contribution in [2.75, 3.05) is 26.0 Å². The third kappa shape index (κ3) is 4.05. The summed E-state index contributed by atoms with van der Waals surface area (Å²) in [6.45, 7) is 2.44. The van der Waals surface area contributed by atoms with Crippen molar-refractivity contribution in [3.8, 4) is 0 Å². The largest absolute Gasteiger partial charge is 0.336 e. The molecular weight excluding hydrogens is 286 g/mol. The first-order chi connectivity index (χ1) is 9.97. The van der Waals surface area contributed by atoms with Crippen LogP contribution in [0.3, 0.4) is 0 Å². The van der Waals surface area contributed by atoms with Crippen molar-refractivity contribution in [3.05, 3.63) is 34.2 Å². The lowest BCUT2D eigenvalue weighted by Crippen LogP contribution is -2.37. The number of rotatable bonds is 5. The molecule has 0 aromatic carbocycles. The molecule has 21 heavy (non-hydrogen) atoms. The second kappa shape index (κ2) is 6.73. The van der Waals surface area contributed by atoms with Crippen LogP contribution in [-0.4, -0.2) is 41.4 Å². The van der Waals surface area contributed by atoms with Gasteiger partial charge in [-0.05, 0) is 43.4 Å². The first-order valence-corrected chi connectivity index (χ1v) is 7.65. The number of carbonyl (C=O) groups is 1. The molecule has 0 spiro atoms. The summed E-state index contributed by atoms with van der Waals surface area (Å²) in [7, 11) is 5.81. The van der Waals surface area contributed by atoms with Crippen molar-refractivity contribution in [2.45, 2.75) is 13.0 Å². The van der Waals surface area contributed by atoms with E-state index in [4.69, 9.17) is 0 Å². The van der Waals surface area contributed by atoms with E-state index >= 15 is 0 Å². The monoisotopic (exact) mass is 307 g/mol. The minimum Gasteiger partial charge on any atom is -0.336 e. The van der Waals surface area contributed by atoms with E-state index in [2.05, 4.69) is 32.1 Å². The van der Waals surface area contributed by atoms with Crippen LogP contribution in [-0.2, 0) is 7.05 Å². The van der Waals surface area contributed by atoms with Gasteiger partial charge in [-0.25, -0.2) is 4.79 Å². The van der Waals surface area contributed by atoms with E-state index < -0.39 is 0 Å². The highest BCUT2D eigenvalue weighted by Crippen LogP contribution is 2.20. The molecule has 2 amide bonds. The normalized spacial score (nSPS) is 12.4. The van der Waals surface area contributed by atoms with Gasteiger partial charge in [-0.1, -0.05) is 0 Å². The lowest BCUT2D eigenvalue weighted by atomic mass is 10.1. The van der Waals surface area contributed by atoms with Gasteiger partial charge in [0.25, 0.3) is 0 Å². The van der Waals surface area contributed by atoms with Gasteiger partial charge in [-0.3, -0.25) is 10.00 Å². The molecule has 2 aromatic heterocycles. The summed E-state index contributed by atoms with van der Waals surface area (Å²) < 4.78 is 1.65. The Balaban J connectivity index is 1.92. The van der Waals surface area contributed by atoms with E-state index in [-0.39, 0.29) is 12.1 Å². The van der Waals surface area contributed by atoms with Crippen molar-refractivity contribution >= 4 is 23.2 Å². The third-order valence-corrected chi connectivity index (χ3v) is 3.95. The van der Waals surface area contributed by atoms with Crippen molar-refractivity contribution in [1.29, 1.82) is 0 Å². The number of aromatic nitrogens is 2. The Morgan fingerprint density at radius 3 is 2.81 bits per heavy atom. The molecule has 2 heterocycles. The van der Waals surface area contributed by atoms with Crippen molar-refractivity contribution in [3.63, 3.8) is 0 Å². The molecule has 114 valence electrons. The summed E-state index contributed by atoms with van der Waals surface area (Å²) in [5.74, 6) is 0.682. The van der Waals surface area contributed by atoms with Gasteiger partial charge in [0.15, 0.2) is 0 Å². The molecule has 2 aromatic rings. The lowest BCUT2D eigenvalue weighted by Gasteiger charge is -2.24. The Morgan fingerprint density at radius 1 is 1.52 bits per heavy atom. The maximum atomic E-state index is 12.0. The molecule has 0 fully saturated rings. The molecule has 0 aliphatic heterocycles. The van der Waals surface area contributed by atoms with E-state index in [9.17, 15) is 4.79 Å². The highest BCUT2D eigenvalue weighted by atomic mass is 32.1. The first-order valence-electron chi connectivity index (χ1n) is 6.71. The number of amides is 2. The lowest BCUT2D eigenvalue weighted by molar-refractivity contribution is 0.243. The summed E-state index contributed by atoms with van der Waals surface area (Å²) in [6.07, 6.45) is 0. The zero-order valence-corrected chi connectivity index (χ0v) is 13.6. The number of nitrogens with one attached hydrogen (secondary N) is 2. The van der Waals surface area contributed by atoms with E-state index in [1.807, 2.05) is 32.5 Å². The van der Waals surface area contributed by atoms with E-state index in [1.54, 1.807) is 23.1 Å². The molecule has 0 saturated carbocycles. The highest BCUT2D eigenvalue weighted by Gasteiger charge is 2.16. The number of likely N-dealkylation sites (N-methyl/N-ethyl adjacent to an activating group) is 1. The minimum atomic E-state index is -0.222. The number of thiophene rings is 1. The topological polar surface area (TPSA) is 62.2 Å². The van der Waals surface area contributed by atoms with Crippen LogP contribution < -0.4 is 10.6 Å². The summed E-state index contributed by atoms with van der Waals surface area (Å²) in [5.41, 5.74) is 2.08. The van der Waals surface area contributed by atoms with Crippen LogP contribution in [0.15, 0.2) is 22.9 Å². The van der Waals surface area contributed by atoms with Crippen LogP contribution in [0.25, 0.3) is 0 Å². The molecule has 2 rings (SSSR count). The standard InChI is InChI=1S/C14H21N5OS/c1-10-7-13(19(4)17-10)16-14(20)15-8-12(18(2)3)11-5-6-21-9-11/h5-7,9,12H,8H2,1-4H3,(H2,15,16,20)/t12-/m0/s1. The summed E-state index contributed by atoms with van der Waals surface area (Å²) in [5, 5.41) is 14.1. The van der Waals surface area contributed by atoms with Crippen LogP contribution in [0, 0.1) is 6.92 Å². The molecule has 0 bridgehead atoms. The quantitative estimate of drug-likeness (QED) is 0.890. The molecular formula is C14H21N5OS. The van der Waals surface area contributed by atoms with Crippen molar-refractivity contribution in [1.82, 2.24) is 20.0 Å². The van der Waals surface area contributed by atoms with Gasteiger partial charge in [0.05, 0.1) is 11.7 Å². The van der Waals surface area contributed by atoms with E-state index in [1.165, 1.54) is 5.56 Å². The molecule has 0 aliphatic rings. The predicted molar refractivity (Wildman–Crippen MR) is 85.7 cm³/mol. The number of nitrogens with zero attached hydrogens (tertiary/aromatic N) is 3. The van der Waals surface area contributed by atoms with Gasteiger partial charge in [-0.2, -0.15) is 16.4 Å². The predicted octanol–water partition coefficient (Wildman–Crippen LogP) is 2.21. The fraction of sp³-hybridized carbons (Fsp3) is 0.429. The van der Waals surface area contributed by atoms with Crippen LogP contribution in [0.2, 0.25) is 0 Å². The summed E-state index contributed by atoms with van der Waals surface area (Å²) >= 11 is 1.66. The molecule has 0 unspecified atom stereocenters. The maximum absolute atomic E-state index is 12.0. The number of urea groups is 1. The van der Waals surface area contributed by atoms with Gasteiger partial charge in [0.1, 0.15) is 5.82 Å². The number of carbonyl (C=O) groups excluding carboxylic acids is 1. The van der Waals surface area contributed by atoms with Crippen LogP contribution >= 0.6 is 11.3 Å². The fourth-order valence-electron chi connectivity index (χ4n) is 2.14. The van der Waals surface area contributed by atoms with Crippen LogP contribution in [0.4, 0.5) is 10.6 Å². The Morgan fingerprint density at radius 2 is 2.29 bits per heavy atom. The average Bonchev–Trinajstić information content (AvgIpc) is 3.00. The number of hydrogen-bond acceptors (Lipinski definition) is 4. The zero-order valence-electron chi connectivity index (χ0n) is 12.8. The molecule has 1 atom stereocenters. The Hall–Kier alpha value is -1.86. The van der Waals surface area contributed by atoms with Crippen LogP contribution in [0.5, 0.6) is 0 Å². The van der Waals surface area contributed by atoms with E-state index in [0.717, 1.165) is 5.69 Å². The van der Waals surface area contributed by atoms with Crippen molar-refractivity contribution < 1.29 is 4.79 Å². The Labute approximate surface area is 128 Å². The van der Waals surface area contributed by atoms with Gasteiger partial charge >= 0.3 is 6.03 Å². The number of hydrogen-bond donors (Lipinski definition) is 2. The smallest absolute Gasteiger partial charge is 0.320 e. The third-order valence-electron chi connectivity index (χ3n) is 3.25. The van der Waals surface area contributed by atoms with Gasteiger partial charge < -0.3 is 10.2 Å². The molecule has 0 saturated heterocycles.